The van der Waals surface area contributed by atoms with E-state index in [1.54, 1.807) is 0 Å². The van der Waals surface area contributed by atoms with Crippen molar-refractivity contribution in [3.05, 3.63) is 46.2 Å². The summed E-state index contributed by atoms with van der Waals surface area (Å²) in [6.07, 6.45) is 7.64. The van der Waals surface area contributed by atoms with Crippen LogP contribution in [-0.4, -0.2) is 48.2 Å². The van der Waals surface area contributed by atoms with Crippen molar-refractivity contribution in [1.29, 1.82) is 0 Å². The van der Waals surface area contributed by atoms with Crippen molar-refractivity contribution in [3.8, 4) is 11.8 Å². The smallest absolute Gasteiger partial charge is 0.126 e. The minimum absolute atomic E-state index is 0.363. The molecule has 0 N–H and O–H groups in total. The zero-order valence-electron chi connectivity index (χ0n) is 18.1. The van der Waals surface area contributed by atoms with Gasteiger partial charge in [0.1, 0.15) is 5.82 Å². The Balaban J connectivity index is 1.69. The lowest BCUT2D eigenvalue weighted by atomic mass is 9.91. The first-order valence-corrected chi connectivity index (χ1v) is 11.5. The van der Waals surface area contributed by atoms with Crippen LogP contribution in [0.1, 0.15) is 58.4 Å². The minimum Gasteiger partial charge on any atom is -0.356 e. The quantitative estimate of drug-likeness (QED) is 0.474. The van der Waals surface area contributed by atoms with E-state index < -0.39 is 0 Å². The molecule has 2 saturated heterocycles. The van der Waals surface area contributed by atoms with Gasteiger partial charge in [-0.25, -0.2) is 4.99 Å². The minimum atomic E-state index is 0.363. The maximum absolute atomic E-state index is 6.10. The fourth-order valence-corrected chi connectivity index (χ4v) is 4.47. The summed E-state index contributed by atoms with van der Waals surface area (Å²) in [7, 11) is 0. The zero-order valence-corrected chi connectivity index (χ0v) is 18.9. The molecule has 0 aliphatic carbocycles. The highest BCUT2D eigenvalue weighted by Gasteiger charge is 2.30. The molecule has 3 atom stereocenters. The molecule has 4 heteroatoms. The van der Waals surface area contributed by atoms with Crippen molar-refractivity contribution < 1.29 is 0 Å². The number of hydrogen-bond acceptors (Lipinski definition) is 3. The Labute approximate surface area is 181 Å². The third-order valence-corrected chi connectivity index (χ3v) is 6.18. The van der Waals surface area contributed by atoms with Gasteiger partial charge in [-0.1, -0.05) is 43.4 Å². The second-order valence-electron chi connectivity index (χ2n) is 8.21. The highest BCUT2D eigenvalue weighted by Crippen LogP contribution is 2.27. The number of nitrogens with zero attached hydrogens (tertiary/aromatic N) is 3. The topological polar surface area (TPSA) is 18.8 Å². The number of fused-ring (bicyclic) bond motifs is 2. The normalized spacial score (nSPS) is 25.7. The molecular formula is C25H34ClN3. The van der Waals surface area contributed by atoms with E-state index in [4.69, 9.17) is 16.6 Å². The van der Waals surface area contributed by atoms with Gasteiger partial charge in [0.25, 0.3) is 0 Å². The maximum atomic E-state index is 6.10. The first-order chi connectivity index (χ1) is 14.1. The van der Waals surface area contributed by atoms with Crippen molar-refractivity contribution in [2.45, 2.75) is 58.9 Å². The van der Waals surface area contributed by atoms with E-state index in [0.717, 1.165) is 62.4 Å². The van der Waals surface area contributed by atoms with Crippen LogP contribution < -0.4 is 0 Å². The highest BCUT2D eigenvalue weighted by atomic mass is 35.5. The fraction of sp³-hybridized carbons (Fsp3) is 0.560. The van der Waals surface area contributed by atoms with Crippen molar-refractivity contribution in [1.82, 2.24) is 9.80 Å². The van der Waals surface area contributed by atoms with Gasteiger partial charge in [0.05, 0.1) is 6.04 Å². The molecule has 0 radical (unpaired) electrons. The number of aliphatic imine (C=N–C) groups is 1. The van der Waals surface area contributed by atoms with Crippen molar-refractivity contribution >= 4 is 17.8 Å². The van der Waals surface area contributed by atoms with Crippen LogP contribution in [-0.2, 0) is 0 Å². The van der Waals surface area contributed by atoms with Crippen LogP contribution in [0, 0.1) is 17.8 Å². The lowest BCUT2D eigenvalue weighted by Crippen LogP contribution is -2.49. The maximum Gasteiger partial charge on any atom is 0.126 e. The third kappa shape index (κ3) is 6.11. The molecule has 0 saturated carbocycles. The average Bonchev–Trinajstić information content (AvgIpc) is 2.71. The first kappa shape index (κ1) is 21.9. The number of allylic oxidation sites excluding steroid dienone is 1. The summed E-state index contributed by atoms with van der Waals surface area (Å²) in [5.74, 6) is 8.79. The summed E-state index contributed by atoms with van der Waals surface area (Å²) >= 11 is 6.10. The van der Waals surface area contributed by atoms with E-state index in [1.165, 1.54) is 17.8 Å². The van der Waals surface area contributed by atoms with Gasteiger partial charge >= 0.3 is 0 Å². The van der Waals surface area contributed by atoms with Crippen LogP contribution in [0.5, 0.6) is 0 Å². The molecule has 3 rings (SSSR count). The molecule has 0 amide bonds. The summed E-state index contributed by atoms with van der Waals surface area (Å²) in [6, 6.07) is 8.22. The van der Waals surface area contributed by atoms with Crippen molar-refractivity contribution in [3.63, 3.8) is 0 Å². The molecule has 2 heterocycles. The Morgan fingerprint density at radius 2 is 2.10 bits per heavy atom. The SMILES string of the molecule is CC/C=N\C(=C(\C)CC)N1CCCN2CC(CCC2C#Cc2cccc(Cl)c2)C1. The second-order valence-corrected chi connectivity index (χ2v) is 8.65. The Hall–Kier alpha value is -1.76. The van der Waals surface area contributed by atoms with Gasteiger partial charge in [0.2, 0.25) is 0 Å². The molecule has 29 heavy (non-hydrogen) atoms. The van der Waals surface area contributed by atoms with Crippen LogP contribution in [0.15, 0.2) is 40.7 Å². The largest absolute Gasteiger partial charge is 0.356 e. The van der Waals surface area contributed by atoms with Gasteiger partial charge in [-0.15, -0.1) is 0 Å². The summed E-state index contributed by atoms with van der Waals surface area (Å²) in [5.41, 5.74) is 2.41. The van der Waals surface area contributed by atoms with Gasteiger partial charge in [0.15, 0.2) is 0 Å². The van der Waals surface area contributed by atoms with E-state index in [0.29, 0.717) is 12.0 Å². The lowest BCUT2D eigenvalue weighted by molar-refractivity contribution is 0.0917. The number of rotatable bonds is 4. The second kappa shape index (κ2) is 10.9. The first-order valence-electron chi connectivity index (χ1n) is 11.1. The molecule has 0 aromatic heterocycles. The molecule has 1 aromatic carbocycles. The van der Waals surface area contributed by atoms with Crippen molar-refractivity contribution in [2.75, 3.05) is 26.2 Å². The predicted octanol–water partition coefficient (Wildman–Crippen LogP) is 5.60. The Bertz CT molecular complexity index is 802. The van der Waals surface area contributed by atoms with Crippen LogP contribution in [0.25, 0.3) is 0 Å². The fourth-order valence-electron chi connectivity index (χ4n) is 4.28. The molecule has 3 unspecified atom stereocenters. The molecule has 2 aliphatic rings. The summed E-state index contributed by atoms with van der Waals surface area (Å²) in [6.45, 7) is 11.1. The molecule has 2 aliphatic heterocycles. The highest BCUT2D eigenvalue weighted by molar-refractivity contribution is 6.30. The van der Waals surface area contributed by atoms with Crippen molar-refractivity contribution in [2.24, 2.45) is 10.9 Å². The number of piperidine rings is 1. The van der Waals surface area contributed by atoms with Gasteiger partial charge in [-0.3, -0.25) is 4.90 Å². The van der Waals surface area contributed by atoms with Crippen LogP contribution in [0.4, 0.5) is 0 Å². The third-order valence-electron chi connectivity index (χ3n) is 5.95. The average molecular weight is 412 g/mol. The Morgan fingerprint density at radius 1 is 1.24 bits per heavy atom. The predicted molar refractivity (Wildman–Crippen MR) is 124 cm³/mol. The molecule has 0 spiro atoms. The molecule has 2 bridgehead atoms. The molecule has 3 nitrogen and oxygen atoms in total. The Morgan fingerprint density at radius 3 is 2.86 bits per heavy atom. The number of hydrogen-bond donors (Lipinski definition) is 0. The van der Waals surface area contributed by atoms with E-state index in [1.807, 2.05) is 24.3 Å². The van der Waals surface area contributed by atoms with Crippen LogP contribution in [0.3, 0.4) is 0 Å². The van der Waals surface area contributed by atoms with Crippen LogP contribution in [0.2, 0.25) is 5.02 Å². The number of benzene rings is 1. The van der Waals surface area contributed by atoms with Gasteiger partial charge < -0.3 is 4.90 Å². The van der Waals surface area contributed by atoms with Crippen LogP contribution >= 0.6 is 11.6 Å². The van der Waals surface area contributed by atoms with E-state index in [9.17, 15) is 0 Å². The molecule has 2 fully saturated rings. The molecule has 156 valence electrons. The monoisotopic (exact) mass is 411 g/mol. The molecule has 1 aromatic rings. The molecular weight excluding hydrogens is 378 g/mol. The van der Waals surface area contributed by atoms with E-state index in [2.05, 4.69) is 48.6 Å². The standard InChI is InChI=1S/C25H34ClN3/c1-4-14-27-25(20(3)5-2)29-16-7-15-28-18-22(19-29)11-13-24(28)12-10-21-8-6-9-23(26)17-21/h6,8-9,14,17,22,24H,4-5,7,11,13,15-16,18-19H2,1-3H3/b25-20+,27-14-. The van der Waals surface area contributed by atoms with E-state index in [-0.39, 0.29) is 0 Å². The number of halogens is 1. The summed E-state index contributed by atoms with van der Waals surface area (Å²) in [5, 5.41) is 0.754. The van der Waals surface area contributed by atoms with Gasteiger partial charge in [-0.05, 0) is 68.7 Å². The van der Waals surface area contributed by atoms with Gasteiger partial charge in [0, 0.05) is 43.0 Å². The van der Waals surface area contributed by atoms with E-state index >= 15 is 0 Å². The Kier molecular flexibility index (Phi) is 8.21. The zero-order chi connectivity index (χ0) is 20.6. The van der Waals surface area contributed by atoms with Gasteiger partial charge in [-0.2, -0.15) is 0 Å². The summed E-state index contributed by atoms with van der Waals surface area (Å²) in [4.78, 5) is 9.99. The lowest BCUT2D eigenvalue weighted by Gasteiger charge is -2.42. The summed E-state index contributed by atoms with van der Waals surface area (Å²) < 4.78 is 0.